The van der Waals surface area contributed by atoms with Gasteiger partial charge >= 0.3 is 0 Å². The molecule has 2 heterocycles. The number of nitrogens with zero attached hydrogens (tertiary/aromatic N) is 1. The van der Waals surface area contributed by atoms with Crippen molar-refractivity contribution in [3.8, 4) is 11.5 Å². The van der Waals surface area contributed by atoms with Crippen LogP contribution in [0.1, 0.15) is 6.92 Å². The van der Waals surface area contributed by atoms with Gasteiger partial charge in [-0.1, -0.05) is 0 Å². The lowest BCUT2D eigenvalue weighted by Gasteiger charge is -2.15. The van der Waals surface area contributed by atoms with Gasteiger partial charge in [0.1, 0.15) is 5.82 Å². The quantitative estimate of drug-likeness (QED) is 0.929. The smallest absolute Gasteiger partial charge is 0.231 e. The first-order chi connectivity index (χ1) is 9.28. The molecule has 1 N–H and O–H groups in total. The highest BCUT2D eigenvalue weighted by Crippen LogP contribution is 2.37. The summed E-state index contributed by atoms with van der Waals surface area (Å²) < 4.78 is 10.8. The molecule has 0 bridgehead atoms. The summed E-state index contributed by atoms with van der Waals surface area (Å²) in [7, 11) is 0. The van der Waals surface area contributed by atoms with Gasteiger partial charge < -0.3 is 14.8 Å². The van der Waals surface area contributed by atoms with Gasteiger partial charge in [-0.25, -0.2) is 4.98 Å². The van der Waals surface area contributed by atoms with Crippen molar-refractivity contribution < 1.29 is 9.47 Å². The molecule has 1 atom stereocenters. The Bertz CT molecular complexity index is 603. The molecule has 3 rings (SSSR count). The van der Waals surface area contributed by atoms with Crippen molar-refractivity contribution in [2.75, 3.05) is 24.1 Å². The number of ether oxygens (including phenoxy) is 2. The predicted molar refractivity (Wildman–Crippen MR) is 79.3 cm³/mol. The first-order valence-electron chi connectivity index (χ1n) is 6.22. The van der Waals surface area contributed by atoms with E-state index in [1.54, 1.807) is 0 Å². The Labute approximate surface area is 116 Å². The molecule has 0 spiro atoms. The van der Waals surface area contributed by atoms with Crippen LogP contribution in [0.3, 0.4) is 0 Å². The average Bonchev–Trinajstić information content (AvgIpc) is 2.84. The number of rotatable bonds is 4. The van der Waals surface area contributed by atoms with Crippen molar-refractivity contribution in [2.24, 2.45) is 0 Å². The Morgan fingerprint density at radius 3 is 2.95 bits per heavy atom. The minimum Gasteiger partial charge on any atom is -0.454 e. The van der Waals surface area contributed by atoms with E-state index in [4.69, 9.17) is 9.47 Å². The normalized spacial score (nSPS) is 14.6. The molecule has 100 valence electrons. The van der Waals surface area contributed by atoms with E-state index in [1.165, 1.54) is 0 Å². The second kappa shape index (κ2) is 5.17. The molecule has 0 radical (unpaired) electrons. The number of fused-ring (bicyclic) bond motifs is 2. The Hall–Kier alpha value is -1.62. The number of thioether (sulfide) groups is 1. The van der Waals surface area contributed by atoms with Crippen molar-refractivity contribution in [1.82, 2.24) is 4.98 Å². The van der Waals surface area contributed by atoms with Gasteiger partial charge in [-0.2, -0.15) is 11.8 Å². The monoisotopic (exact) mass is 276 g/mol. The third-order valence-electron chi connectivity index (χ3n) is 3.06. The molecule has 4 nitrogen and oxygen atoms in total. The summed E-state index contributed by atoms with van der Waals surface area (Å²) in [4.78, 5) is 4.44. The van der Waals surface area contributed by atoms with Crippen molar-refractivity contribution >= 4 is 28.4 Å². The van der Waals surface area contributed by atoms with Gasteiger partial charge in [0.05, 0.1) is 0 Å². The van der Waals surface area contributed by atoms with Crippen LogP contribution in [0, 0.1) is 0 Å². The third kappa shape index (κ3) is 2.42. The van der Waals surface area contributed by atoms with Crippen molar-refractivity contribution in [1.29, 1.82) is 0 Å². The molecule has 1 aliphatic heterocycles. The largest absolute Gasteiger partial charge is 0.454 e. The highest BCUT2D eigenvalue weighted by Gasteiger charge is 2.16. The number of pyridine rings is 1. The molecule has 0 saturated heterocycles. The summed E-state index contributed by atoms with van der Waals surface area (Å²) in [6.45, 7) is 2.45. The molecular weight excluding hydrogens is 260 g/mol. The van der Waals surface area contributed by atoms with E-state index in [-0.39, 0.29) is 0 Å². The van der Waals surface area contributed by atoms with Crippen LogP contribution in [0.5, 0.6) is 11.5 Å². The minimum atomic E-state index is 0.296. The van der Waals surface area contributed by atoms with Gasteiger partial charge in [-0.3, -0.25) is 0 Å². The molecule has 1 aliphatic rings. The Morgan fingerprint density at radius 1 is 1.37 bits per heavy atom. The lowest BCUT2D eigenvalue weighted by Crippen LogP contribution is -2.18. The fraction of sp³-hybridized carbons (Fsp3) is 0.357. The first-order valence-corrected chi connectivity index (χ1v) is 7.61. The van der Waals surface area contributed by atoms with E-state index in [0.29, 0.717) is 12.8 Å². The van der Waals surface area contributed by atoms with Gasteiger partial charge in [0.15, 0.2) is 11.5 Å². The lowest BCUT2D eigenvalue weighted by molar-refractivity contribution is 0.174. The molecule has 1 aromatic carbocycles. The van der Waals surface area contributed by atoms with E-state index in [9.17, 15) is 0 Å². The molecular formula is C14H16N2O2S. The lowest BCUT2D eigenvalue weighted by atomic mass is 10.1. The van der Waals surface area contributed by atoms with Gasteiger partial charge in [-0.15, -0.1) is 0 Å². The molecule has 2 aromatic rings. The standard InChI is InChI=1S/C14H16N2O2S/c1-9(7-19-2)16-14-11-6-13-12(17-8-18-13)5-10(11)3-4-15-14/h3-6,9H,7-8H2,1-2H3,(H,15,16). The highest BCUT2D eigenvalue weighted by atomic mass is 32.2. The Kier molecular flexibility index (Phi) is 3.38. The van der Waals surface area contributed by atoms with E-state index in [0.717, 1.165) is 33.8 Å². The molecule has 0 amide bonds. The molecule has 0 aliphatic carbocycles. The Morgan fingerprint density at radius 2 is 2.16 bits per heavy atom. The van der Waals surface area contributed by atoms with Gasteiger partial charge in [0.25, 0.3) is 0 Å². The van der Waals surface area contributed by atoms with E-state index in [2.05, 4.69) is 23.5 Å². The maximum absolute atomic E-state index is 5.43. The number of benzene rings is 1. The number of anilines is 1. The minimum absolute atomic E-state index is 0.296. The van der Waals surface area contributed by atoms with Crippen LogP contribution in [0.4, 0.5) is 5.82 Å². The van der Waals surface area contributed by atoms with Crippen LogP contribution in [0.25, 0.3) is 10.8 Å². The maximum Gasteiger partial charge on any atom is 0.231 e. The fourth-order valence-corrected chi connectivity index (χ4v) is 2.79. The second-order valence-electron chi connectivity index (χ2n) is 4.59. The van der Waals surface area contributed by atoms with Gasteiger partial charge in [-0.05, 0) is 36.8 Å². The summed E-state index contributed by atoms with van der Waals surface area (Å²) in [6, 6.07) is 6.36. The summed E-state index contributed by atoms with van der Waals surface area (Å²) in [5.74, 6) is 3.54. The summed E-state index contributed by atoms with van der Waals surface area (Å²) >= 11 is 1.82. The number of aromatic nitrogens is 1. The molecule has 1 unspecified atom stereocenters. The summed E-state index contributed by atoms with van der Waals surface area (Å²) in [6.07, 6.45) is 3.92. The first kappa shape index (κ1) is 12.4. The van der Waals surface area contributed by atoms with Gasteiger partial charge in [0, 0.05) is 23.4 Å². The van der Waals surface area contributed by atoms with E-state index < -0.39 is 0 Å². The van der Waals surface area contributed by atoms with E-state index in [1.807, 2.05) is 36.2 Å². The van der Waals surface area contributed by atoms with Crippen LogP contribution in [-0.4, -0.2) is 29.8 Å². The predicted octanol–water partition coefficient (Wildman–Crippen LogP) is 3.13. The van der Waals surface area contributed by atoms with Crippen molar-refractivity contribution in [3.05, 3.63) is 24.4 Å². The van der Waals surface area contributed by atoms with Crippen LogP contribution < -0.4 is 14.8 Å². The van der Waals surface area contributed by atoms with E-state index >= 15 is 0 Å². The topological polar surface area (TPSA) is 43.4 Å². The maximum atomic E-state index is 5.43. The highest BCUT2D eigenvalue weighted by molar-refractivity contribution is 7.98. The van der Waals surface area contributed by atoms with Gasteiger partial charge in [0.2, 0.25) is 6.79 Å². The zero-order valence-electron chi connectivity index (χ0n) is 11.0. The molecule has 19 heavy (non-hydrogen) atoms. The van der Waals surface area contributed by atoms with Crippen molar-refractivity contribution in [3.63, 3.8) is 0 Å². The molecule has 5 heteroatoms. The van der Waals surface area contributed by atoms with Crippen LogP contribution in [0.15, 0.2) is 24.4 Å². The SMILES string of the molecule is CSCC(C)Nc1nccc2cc3c(cc12)OCO3. The van der Waals surface area contributed by atoms with Crippen LogP contribution >= 0.6 is 11.8 Å². The Balaban J connectivity index is 2.00. The van der Waals surface area contributed by atoms with Crippen LogP contribution in [-0.2, 0) is 0 Å². The zero-order chi connectivity index (χ0) is 13.2. The van der Waals surface area contributed by atoms with Crippen molar-refractivity contribution in [2.45, 2.75) is 13.0 Å². The van der Waals surface area contributed by atoms with Crippen LogP contribution in [0.2, 0.25) is 0 Å². The zero-order valence-corrected chi connectivity index (χ0v) is 11.8. The number of hydrogen-bond acceptors (Lipinski definition) is 5. The second-order valence-corrected chi connectivity index (χ2v) is 5.50. The average molecular weight is 276 g/mol. The summed E-state index contributed by atoms with van der Waals surface area (Å²) in [5, 5.41) is 5.63. The molecule has 0 fully saturated rings. The third-order valence-corrected chi connectivity index (χ3v) is 3.89. The fourth-order valence-electron chi connectivity index (χ4n) is 2.20. The number of hydrogen-bond donors (Lipinski definition) is 1. The summed E-state index contributed by atoms with van der Waals surface area (Å²) in [5.41, 5.74) is 0. The molecule has 0 saturated carbocycles. The molecule has 1 aromatic heterocycles. The number of nitrogens with one attached hydrogen (secondary N) is 1.